The monoisotopic (exact) mass is 241 g/mol. The minimum atomic E-state index is -0.419. The molecular weight excluding hydrogens is 218 g/mol. The summed E-state index contributed by atoms with van der Waals surface area (Å²) in [7, 11) is 0. The Morgan fingerprint density at radius 1 is 1.35 bits per heavy atom. The van der Waals surface area contributed by atoms with Crippen LogP contribution < -0.4 is 5.32 Å². The van der Waals surface area contributed by atoms with Crippen molar-refractivity contribution in [3.8, 4) is 0 Å². The normalized spacial score (nSPS) is 33.0. The quantitative estimate of drug-likeness (QED) is 0.756. The van der Waals surface area contributed by atoms with E-state index >= 15 is 0 Å². The van der Waals surface area contributed by atoms with E-state index in [9.17, 15) is 4.79 Å². The van der Waals surface area contributed by atoms with Crippen LogP contribution in [0, 0.1) is 5.92 Å². The summed E-state index contributed by atoms with van der Waals surface area (Å²) in [6, 6.07) is 0.257. The van der Waals surface area contributed by atoms with Crippen molar-refractivity contribution in [3.63, 3.8) is 0 Å². The summed E-state index contributed by atoms with van der Waals surface area (Å²) in [6.07, 6.45) is 4.66. The third-order valence-electron chi connectivity index (χ3n) is 3.32. The molecule has 1 aliphatic heterocycles. The molecule has 1 heterocycles. The Balaban J connectivity index is 1.76. The van der Waals surface area contributed by atoms with E-state index in [-0.39, 0.29) is 12.1 Å². The molecule has 0 aromatic rings. The number of nitrogens with one attached hydrogen (secondary N) is 1. The van der Waals surface area contributed by atoms with Gasteiger partial charge in [0.25, 0.3) is 0 Å². The number of amides is 1. The third-order valence-corrected chi connectivity index (χ3v) is 3.32. The second-order valence-corrected chi connectivity index (χ2v) is 6.14. The highest BCUT2D eigenvalue weighted by Crippen LogP contribution is 2.33. The molecule has 17 heavy (non-hydrogen) atoms. The molecule has 4 heteroatoms. The molecule has 1 amide bonds. The van der Waals surface area contributed by atoms with Gasteiger partial charge in [-0.3, -0.25) is 0 Å². The number of carbonyl (C=O) groups is 1. The van der Waals surface area contributed by atoms with E-state index in [4.69, 9.17) is 9.47 Å². The maximum Gasteiger partial charge on any atom is 0.407 e. The van der Waals surface area contributed by atoms with Crippen molar-refractivity contribution in [2.75, 3.05) is 6.61 Å². The minimum Gasteiger partial charge on any atom is -0.444 e. The zero-order valence-corrected chi connectivity index (χ0v) is 11.0. The average molecular weight is 241 g/mol. The van der Waals surface area contributed by atoms with Gasteiger partial charge in [0, 0.05) is 6.04 Å². The van der Waals surface area contributed by atoms with Gasteiger partial charge in [-0.15, -0.1) is 0 Å². The first-order chi connectivity index (χ1) is 7.94. The Labute approximate surface area is 103 Å². The van der Waals surface area contributed by atoms with Gasteiger partial charge in [0.2, 0.25) is 0 Å². The van der Waals surface area contributed by atoms with Crippen molar-refractivity contribution >= 4 is 6.09 Å². The fraction of sp³-hybridized carbons (Fsp3) is 0.923. The van der Waals surface area contributed by atoms with Crippen LogP contribution >= 0.6 is 0 Å². The maximum absolute atomic E-state index is 11.7. The highest BCUT2D eigenvalue weighted by molar-refractivity contribution is 5.68. The average Bonchev–Trinajstić information content (AvgIpc) is 2.97. The van der Waals surface area contributed by atoms with Crippen LogP contribution in [0.4, 0.5) is 4.79 Å². The lowest BCUT2D eigenvalue weighted by Crippen LogP contribution is -2.42. The number of hydrogen-bond donors (Lipinski definition) is 1. The first-order valence-corrected chi connectivity index (χ1v) is 6.55. The van der Waals surface area contributed by atoms with Crippen LogP contribution in [0.1, 0.15) is 46.5 Å². The van der Waals surface area contributed by atoms with E-state index < -0.39 is 5.60 Å². The molecule has 1 saturated heterocycles. The van der Waals surface area contributed by atoms with Crippen LogP contribution in [0.2, 0.25) is 0 Å². The molecule has 0 bridgehead atoms. The Hall–Kier alpha value is -0.770. The predicted molar refractivity (Wildman–Crippen MR) is 64.9 cm³/mol. The van der Waals surface area contributed by atoms with Gasteiger partial charge < -0.3 is 14.8 Å². The number of carbonyl (C=O) groups excluding carboxylic acids is 1. The van der Waals surface area contributed by atoms with Crippen molar-refractivity contribution in [3.05, 3.63) is 0 Å². The van der Waals surface area contributed by atoms with Gasteiger partial charge in [-0.2, -0.15) is 0 Å². The van der Waals surface area contributed by atoms with Gasteiger partial charge in [-0.1, -0.05) is 6.42 Å². The summed E-state index contributed by atoms with van der Waals surface area (Å²) in [5.74, 6) is 0.628. The molecule has 3 atom stereocenters. The zero-order chi connectivity index (χ0) is 12.5. The summed E-state index contributed by atoms with van der Waals surface area (Å²) in [5.41, 5.74) is -0.419. The molecule has 0 aromatic carbocycles. The number of alkyl carbamates (subject to hydrolysis) is 1. The highest BCUT2D eigenvalue weighted by atomic mass is 16.6. The molecule has 0 aromatic heterocycles. The van der Waals surface area contributed by atoms with Crippen LogP contribution in [0.15, 0.2) is 0 Å². The van der Waals surface area contributed by atoms with E-state index in [2.05, 4.69) is 5.32 Å². The highest BCUT2D eigenvalue weighted by Gasteiger charge is 2.36. The van der Waals surface area contributed by atoms with Gasteiger partial charge in [0.15, 0.2) is 0 Å². The lowest BCUT2D eigenvalue weighted by atomic mass is 9.84. The van der Waals surface area contributed by atoms with E-state index in [0.717, 1.165) is 19.4 Å². The van der Waals surface area contributed by atoms with Gasteiger partial charge in [0.1, 0.15) is 5.60 Å². The zero-order valence-electron chi connectivity index (χ0n) is 11.0. The van der Waals surface area contributed by atoms with Crippen molar-refractivity contribution in [2.24, 2.45) is 5.92 Å². The Bertz CT molecular complexity index is 281. The third kappa shape index (κ3) is 4.19. The molecule has 4 nitrogen and oxygen atoms in total. The number of ether oxygens (including phenoxy) is 2. The molecule has 1 unspecified atom stereocenters. The van der Waals surface area contributed by atoms with Crippen LogP contribution in [-0.4, -0.2) is 30.4 Å². The molecule has 1 aliphatic carbocycles. The minimum absolute atomic E-state index is 0.257. The summed E-state index contributed by atoms with van der Waals surface area (Å²) in [4.78, 5) is 11.7. The van der Waals surface area contributed by atoms with E-state index in [1.165, 1.54) is 12.8 Å². The van der Waals surface area contributed by atoms with Crippen LogP contribution in [-0.2, 0) is 9.47 Å². The Morgan fingerprint density at radius 3 is 2.65 bits per heavy atom. The smallest absolute Gasteiger partial charge is 0.407 e. The van der Waals surface area contributed by atoms with Crippen LogP contribution in [0.5, 0.6) is 0 Å². The van der Waals surface area contributed by atoms with Crippen LogP contribution in [0.3, 0.4) is 0 Å². The molecule has 98 valence electrons. The fourth-order valence-corrected chi connectivity index (χ4v) is 2.50. The molecular formula is C13H23NO3. The number of epoxide rings is 1. The molecule has 1 saturated carbocycles. The van der Waals surface area contributed by atoms with Gasteiger partial charge >= 0.3 is 6.09 Å². The van der Waals surface area contributed by atoms with Gasteiger partial charge in [-0.05, 0) is 46.0 Å². The molecule has 0 spiro atoms. The second-order valence-electron chi connectivity index (χ2n) is 6.14. The van der Waals surface area contributed by atoms with E-state index in [0.29, 0.717) is 12.0 Å². The Kier molecular flexibility index (Phi) is 3.61. The first-order valence-electron chi connectivity index (χ1n) is 6.55. The topological polar surface area (TPSA) is 50.9 Å². The van der Waals surface area contributed by atoms with Gasteiger partial charge in [-0.25, -0.2) is 4.79 Å². The molecule has 2 fully saturated rings. The SMILES string of the molecule is CC(C)(C)OC(=O)N[C@@H]1CCCC([C@@H]2CO2)C1. The molecule has 1 N–H and O–H groups in total. The lowest BCUT2D eigenvalue weighted by Gasteiger charge is -2.29. The summed E-state index contributed by atoms with van der Waals surface area (Å²) < 4.78 is 10.6. The van der Waals surface area contributed by atoms with Crippen molar-refractivity contribution < 1.29 is 14.3 Å². The summed E-state index contributed by atoms with van der Waals surface area (Å²) in [5, 5.41) is 2.97. The maximum atomic E-state index is 11.7. The second kappa shape index (κ2) is 4.84. The standard InChI is InChI=1S/C13H23NO3/c1-13(2,3)17-12(15)14-10-6-4-5-9(7-10)11-8-16-11/h9-11H,4-8H2,1-3H3,(H,14,15)/t9?,10-,11+/m1/s1. The van der Waals surface area contributed by atoms with Crippen molar-refractivity contribution in [1.29, 1.82) is 0 Å². The fourth-order valence-electron chi connectivity index (χ4n) is 2.50. The number of hydrogen-bond acceptors (Lipinski definition) is 3. The lowest BCUT2D eigenvalue weighted by molar-refractivity contribution is 0.0481. The van der Waals surface area contributed by atoms with Crippen molar-refractivity contribution in [2.45, 2.75) is 64.2 Å². The van der Waals surface area contributed by atoms with E-state index in [1.807, 2.05) is 20.8 Å². The molecule has 0 radical (unpaired) electrons. The number of rotatable bonds is 2. The summed E-state index contributed by atoms with van der Waals surface area (Å²) >= 11 is 0. The summed E-state index contributed by atoms with van der Waals surface area (Å²) in [6.45, 7) is 6.56. The largest absolute Gasteiger partial charge is 0.444 e. The molecule has 2 aliphatic rings. The predicted octanol–water partition coefficient (Wildman–Crippen LogP) is 2.47. The first kappa shape index (κ1) is 12.7. The molecule has 2 rings (SSSR count). The van der Waals surface area contributed by atoms with Crippen molar-refractivity contribution in [1.82, 2.24) is 5.32 Å². The van der Waals surface area contributed by atoms with Gasteiger partial charge in [0.05, 0.1) is 12.7 Å². The van der Waals surface area contributed by atoms with E-state index in [1.54, 1.807) is 0 Å². The Morgan fingerprint density at radius 2 is 2.06 bits per heavy atom. The van der Waals surface area contributed by atoms with Crippen LogP contribution in [0.25, 0.3) is 0 Å².